The fourth-order valence-corrected chi connectivity index (χ4v) is 3.36. The van der Waals surface area contributed by atoms with Gasteiger partial charge in [0.1, 0.15) is 5.82 Å². The number of hydrogen-bond acceptors (Lipinski definition) is 5. The number of anilines is 1. The van der Waals surface area contributed by atoms with Gasteiger partial charge >= 0.3 is 6.18 Å². The third-order valence-electron chi connectivity index (χ3n) is 4.63. The number of nitrogens with zero attached hydrogens (tertiary/aromatic N) is 4. The molecule has 6 nitrogen and oxygen atoms in total. The zero-order valence-electron chi connectivity index (χ0n) is 14.4. The minimum Gasteiger partial charge on any atom is -0.373 e. The first kappa shape index (κ1) is 17.7. The maximum absolute atomic E-state index is 13.0. The third-order valence-corrected chi connectivity index (χ3v) is 4.63. The van der Waals surface area contributed by atoms with Crippen LogP contribution in [0.2, 0.25) is 0 Å². The van der Waals surface area contributed by atoms with Crippen molar-refractivity contribution < 1.29 is 17.9 Å². The van der Waals surface area contributed by atoms with E-state index in [9.17, 15) is 13.2 Å². The Morgan fingerprint density at radius 3 is 2.70 bits per heavy atom. The lowest BCUT2D eigenvalue weighted by molar-refractivity contribution is -0.146. The Balaban J connectivity index is 1.52. The Hall–Kier alpha value is -2.68. The zero-order valence-corrected chi connectivity index (χ0v) is 14.4. The lowest BCUT2D eigenvalue weighted by atomic mass is 9.89. The van der Waals surface area contributed by atoms with Crippen LogP contribution in [0.4, 0.5) is 19.0 Å². The van der Waals surface area contributed by atoms with Gasteiger partial charge in [-0.3, -0.25) is 0 Å². The van der Waals surface area contributed by atoms with Crippen LogP contribution in [0.5, 0.6) is 0 Å². The number of nitrogens with one attached hydrogen (secondary N) is 1. The van der Waals surface area contributed by atoms with Crippen molar-refractivity contribution in [3.05, 3.63) is 53.9 Å². The van der Waals surface area contributed by atoms with E-state index in [0.717, 1.165) is 18.4 Å². The van der Waals surface area contributed by atoms with Crippen molar-refractivity contribution in [3.8, 4) is 0 Å². The van der Waals surface area contributed by atoms with Gasteiger partial charge in [-0.15, -0.1) is 15.3 Å². The van der Waals surface area contributed by atoms with E-state index in [1.807, 2.05) is 30.3 Å². The lowest BCUT2D eigenvalue weighted by Crippen LogP contribution is -2.28. The molecule has 0 aliphatic carbocycles. The number of benzene rings is 1. The number of halogens is 3. The van der Waals surface area contributed by atoms with Crippen LogP contribution in [0, 0.1) is 5.92 Å². The van der Waals surface area contributed by atoms with Crippen LogP contribution in [0.3, 0.4) is 0 Å². The molecule has 0 radical (unpaired) electrons. The molecule has 0 amide bonds. The third kappa shape index (κ3) is 3.73. The molecule has 0 spiro atoms. The average molecular weight is 377 g/mol. The van der Waals surface area contributed by atoms with Crippen LogP contribution in [0.15, 0.2) is 42.5 Å². The van der Waals surface area contributed by atoms with E-state index < -0.39 is 12.0 Å². The van der Waals surface area contributed by atoms with E-state index in [0.29, 0.717) is 23.5 Å². The van der Waals surface area contributed by atoms with Crippen molar-refractivity contribution in [2.45, 2.75) is 25.1 Å². The Labute approximate surface area is 153 Å². The maximum Gasteiger partial charge on any atom is 0.453 e. The molecule has 2 aromatic heterocycles. The van der Waals surface area contributed by atoms with Gasteiger partial charge in [0.25, 0.3) is 5.82 Å². The summed E-state index contributed by atoms with van der Waals surface area (Å²) in [5.74, 6) is -0.601. The summed E-state index contributed by atoms with van der Waals surface area (Å²) in [5.41, 5.74) is 1.15. The fourth-order valence-electron chi connectivity index (χ4n) is 3.36. The summed E-state index contributed by atoms with van der Waals surface area (Å²) < 4.78 is 45.7. The average Bonchev–Trinajstić information content (AvgIpc) is 3.11. The van der Waals surface area contributed by atoms with Gasteiger partial charge in [-0.25, -0.2) is 0 Å². The lowest BCUT2D eigenvalue weighted by Gasteiger charge is -2.32. The molecular weight excluding hydrogens is 359 g/mol. The van der Waals surface area contributed by atoms with Gasteiger partial charge < -0.3 is 10.1 Å². The molecule has 2 unspecified atom stereocenters. The van der Waals surface area contributed by atoms with E-state index in [1.165, 1.54) is 6.07 Å². The van der Waals surface area contributed by atoms with Gasteiger partial charge in [-0.05, 0) is 30.5 Å². The van der Waals surface area contributed by atoms with Gasteiger partial charge in [0.2, 0.25) is 0 Å². The number of fused-ring (bicyclic) bond motifs is 1. The summed E-state index contributed by atoms with van der Waals surface area (Å²) in [6.45, 7) is 1.25. The molecule has 4 rings (SSSR count). The first-order chi connectivity index (χ1) is 13.0. The van der Waals surface area contributed by atoms with E-state index in [1.54, 1.807) is 6.07 Å². The standard InChI is InChI=1S/C18H18F3N5O/c19-18(20,21)17-24-23-15-9-8-14(25-26(15)17)22-11-13-7-4-10-27-16(13)12-5-2-1-3-6-12/h1-3,5-6,8-9,13,16H,4,7,10-11H2,(H,22,25). The number of aromatic nitrogens is 4. The first-order valence-electron chi connectivity index (χ1n) is 8.72. The smallest absolute Gasteiger partial charge is 0.373 e. The predicted octanol–water partition coefficient (Wildman–Crippen LogP) is 3.72. The van der Waals surface area contributed by atoms with Crippen LogP contribution in [-0.2, 0) is 10.9 Å². The largest absolute Gasteiger partial charge is 0.453 e. The normalized spacial score (nSPS) is 20.7. The monoisotopic (exact) mass is 377 g/mol. The van der Waals surface area contributed by atoms with Gasteiger partial charge in [0, 0.05) is 19.1 Å². The molecule has 1 N–H and O–H groups in total. The Kier molecular flexibility index (Phi) is 4.69. The van der Waals surface area contributed by atoms with Crippen molar-refractivity contribution in [1.29, 1.82) is 0 Å². The molecule has 0 saturated carbocycles. The minimum atomic E-state index is -4.61. The summed E-state index contributed by atoms with van der Waals surface area (Å²) in [6, 6.07) is 13.0. The Bertz CT molecular complexity index is 912. The molecule has 27 heavy (non-hydrogen) atoms. The minimum absolute atomic E-state index is 0.0446. The van der Waals surface area contributed by atoms with Crippen LogP contribution < -0.4 is 5.32 Å². The molecule has 3 aromatic rings. The molecule has 1 saturated heterocycles. The van der Waals surface area contributed by atoms with Gasteiger partial charge in [-0.1, -0.05) is 30.3 Å². The van der Waals surface area contributed by atoms with Crippen LogP contribution in [0.25, 0.3) is 5.65 Å². The van der Waals surface area contributed by atoms with Crippen molar-refractivity contribution in [2.75, 3.05) is 18.5 Å². The van der Waals surface area contributed by atoms with Gasteiger partial charge in [-0.2, -0.15) is 17.7 Å². The summed E-state index contributed by atoms with van der Waals surface area (Å²) in [4.78, 5) is 0. The topological polar surface area (TPSA) is 64.3 Å². The van der Waals surface area contributed by atoms with Crippen LogP contribution >= 0.6 is 0 Å². The first-order valence-corrected chi connectivity index (χ1v) is 8.72. The van der Waals surface area contributed by atoms with Gasteiger partial charge in [0.05, 0.1) is 6.10 Å². The van der Waals surface area contributed by atoms with Crippen molar-refractivity contribution in [2.24, 2.45) is 5.92 Å². The molecular formula is C18H18F3N5O. The molecule has 1 fully saturated rings. The quantitative estimate of drug-likeness (QED) is 0.751. The Morgan fingerprint density at radius 2 is 1.93 bits per heavy atom. The number of hydrogen-bond donors (Lipinski definition) is 1. The fraction of sp³-hybridized carbons (Fsp3) is 0.389. The molecule has 142 valence electrons. The van der Waals surface area contributed by atoms with E-state index in [4.69, 9.17) is 4.74 Å². The maximum atomic E-state index is 13.0. The highest BCUT2D eigenvalue weighted by molar-refractivity contribution is 5.44. The van der Waals surface area contributed by atoms with E-state index in [-0.39, 0.29) is 17.7 Å². The van der Waals surface area contributed by atoms with Crippen molar-refractivity contribution in [1.82, 2.24) is 19.8 Å². The highest BCUT2D eigenvalue weighted by Crippen LogP contribution is 2.33. The second kappa shape index (κ2) is 7.15. The highest BCUT2D eigenvalue weighted by atomic mass is 19.4. The second-order valence-electron chi connectivity index (χ2n) is 6.50. The van der Waals surface area contributed by atoms with Gasteiger partial charge in [0.15, 0.2) is 5.65 Å². The highest BCUT2D eigenvalue weighted by Gasteiger charge is 2.37. The number of rotatable bonds is 4. The SMILES string of the molecule is FC(F)(F)c1nnc2ccc(NCC3CCCOC3c3ccccc3)nn12. The number of alkyl halides is 3. The van der Waals surface area contributed by atoms with Crippen molar-refractivity contribution in [3.63, 3.8) is 0 Å². The molecule has 2 atom stereocenters. The molecule has 3 heterocycles. The van der Waals surface area contributed by atoms with Crippen LogP contribution in [-0.4, -0.2) is 33.0 Å². The number of ether oxygens (including phenoxy) is 1. The second-order valence-corrected chi connectivity index (χ2v) is 6.50. The summed E-state index contributed by atoms with van der Waals surface area (Å²) in [7, 11) is 0. The predicted molar refractivity (Wildman–Crippen MR) is 92.1 cm³/mol. The molecule has 1 aromatic carbocycles. The Morgan fingerprint density at radius 1 is 1.11 bits per heavy atom. The summed E-state index contributed by atoms with van der Waals surface area (Å²) in [6.07, 6.45) is -2.74. The molecule has 9 heteroatoms. The summed E-state index contributed by atoms with van der Waals surface area (Å²) in [5, 5.41) is 13.8. The summed E-state index contributed by atoms with van der Waals surface area (Å²) >= 11 is 0. The zero-order chi connectivity index (χ0) is 18.9. The molecule has 1 aliphatic heterocycles. The van der Waals surface area contributed by atoms with Crippen molar-refractivity contribution >= 4 is 11.5 Å². The van der Waals surface area contributed by atoms with E-state index >= 15 is 0 Å². The van der Waals surface area contributed by atoms with Crippen LogP contribution in [0.1, 0.15) is 30.3 Å². The molecule has 1 aliphatic rings. The molecule has 0 bridgehead atoms. The van der Waals surface area contributed by atoms with E-state index in [2.05, 4.69) is 20.6 Å².